The second-order valence-electron chi connectivity index (χ2n) is 6.07. The molecule has 1 N–H and O–H groups in total. The molecule has 1 aliphatic heterocycles. The van der Waals surface area contributed by atoms with Gasteiger partial charge in [-0.1, -0.05) is 13.8 Å². The number of aromatic nitrogens is 2. The number of fused-ring (bicyclic) bond motifs is 1. The molecular formula is C16H23N3. The van der Waals surface area contributed by atoms with E-state index in [2.05, 4.69) is 53.1 Å². The molecule has 1 aliphatic rings. The van der Waals surface area contributed by atoms with Gasteiger partial charge >= 0.3 is 0 Å². The van der Waals surface area contributed by atoms with Crippen molar-refractivity contribution in [1.29, 1.82) is 0 Å². The highest BCUT2D eigenvalue weighted by Gasteiger charge is 2.18. The van der Waals surface area contributed by atoms with E-state index in [1.165, 1.54) is 24.1 Å². The van der Waals surface area contributed by atoms with E-state index >= 15 is 0 Å². The molecule has 1 fully saturated rings. The van der Waals surface area contributed by atoms with Crippen molar-refractivity contribution in [3.63, 3.8) is 0 Å². The van der Waals surface area contributed by atoms with Gasteiger partial charge in [0.05, 0.1) is 0 Å². The third-order valence-corrected chi connectivity index (χ3v) is 4.01. The van der Waals surface area contributed by atoms with Gasteiger partial charge in [-0.05, 0) is 56.0 Å². The maximum Gasteiger partial charge on any atom is 0.137 e. The van der Waals surface area contributed by atoms with Gasteiger partial charge in [0.25, 0.3) is 0 Å². The van der Waals surface area contributed by atoms with Gasteiger partial charge in [0.2, 0.25) is 0 Å². The monoisotopic (exact) mass is 257 g/mol. The Morgan fingerprint density at radius 3 is 2.89 bits per heavy atom. The summed E-state index contributed by atoms with van der Waals surface area (Å²) in [5.74, 6) is 1.36. The molecule has 102 valence electrons. The molecule has 0 amide bonds. The van der Waals surface area contributed by atoms with Gasteiger partial charge in [0.1, 0.15) is 5.65 Å². The van der Waals surface area contributed by atoms with E-state index in [0.717, 1.165) is 25.2 Å². The van der Waals surface area contributed by atoms with Gasteiger partial charge in [-0.25, -0.2) is 4.98 Å². The zero-order chi connectivity index (χ0) is 13.2. The van der Waals surface area contributed by atoms with Gasteiger partial charge < -0.3 is 9.72 Å². The first-order chi connectivity index (χ1) is 9.24. The van der Waals surface area contributed by atoms with Crippen LogP contribution in [0.1, 0.15) is 43.9 Å². The van der Waals surface area contributed by atoms with E-state index in [0.29, 0.717) is 11.8 Å². The van der Waals surface area contributed by atoms with E-state index in [4.69, 9.17) is 0 Å². The first-order valence-electron chi connectivity index (χ1n) is 7.40. The lowest BCUT2D eigenvalue weighted by atomic mass is 9.95. The normalized spacial score (nSPS) is 17.4. The molecule has 3 heteroatoms. The van der Waals surface area contributed by atoms with E-state index < -0.39 is 0 Å². The maximum atomic E-state index is 4.60. The second-order valence-corrected chi connectivity index (χ2v) is 6.07. The van der Waals surface area contributed by atoms with Crippen molar-refractivity contribution in [2.24, 2.45) is 5.92 Å². The van der Waals surface area contributed by atoms with Crippen molar-refractivity contribution >= 4 is 5.65 Å². The molecule has 0 aliphatic carbocycles. The molecule has 3 rings (SSSR count). The van der Waals surface area contributed by atoms with Gasteiger partial charge in [0.15, 0.2) is 0 Å². The van der Waals surface area contributed by atoms with Crippen LogP contribution >= 0.6 is 0 Å². The minimum Gasteiger partial charge on any atom is -0.317 e. The van der Waals surface area contributed by atoms with Crippen LogP contribution in [-0.4, -0.2) is 22.5 Å². The quantitative estimate of drug-likeness (QED) is 0.916. The third kappa shape index (κ3) is 2.66. The number of piperidine rings is 1. The van der Waals surface area contributed by atoms with E-state index in [9.17, 15) is 0 Å². The van der Waals surface area contributed by atoms with E-state index in [1.807, 2.05) is 0 Å². The Morgan fingerprint density at radius 1 is 1.37 bits per heavy atom. The van der Waals surface area contributed by atoms with E-state index in [1.54, 1.807) is 0 Å². The highest BCUT2D eigenvalue weighted by molar-refractivity contribution is 5.44. The molecule has 0 spiro atoms. The molecule has 0 saturated carbocycles. The SMILES string of the molecule is CC(C)Cc1ccn2c(C3CCNCC3)cnc2c1. The summed E-state index contributed by atoms with van der Waals surface area (Å²) in [6.07, 6.45) is 7.86. The van der Waals surface area contributed by atoms with Crippen LogP contribution in [-0.2, 0) is 6.42 Å². The standard InChI is InChI=1S/C16H23N3/c1-12(2)9-13-5-8-19-15(11-18-16(19)10-13)14-3-6-17-7-4-14/h5,8,10-12,14,17H,3-4,6-7,9H2,1-2H3. The molecule has 2 aromatic heterocycles. The number of nitrogens with one attached hydrogen (secondary N) is 1. The fourth-order valence-corrected chi connectivity index (χ4v) is 3.06. The maximum absolute atomic E-state index is 4.60. The number of rotatable bonds is 3. The van der Waals surface area contributed by atoms with Crippen LogP contribution in [0.5, 0.6) is 0 Å². The lowest BCUT2D eigenvalue weighted by Gasteiger charge is -2.22. The summed E-state index contributed by atoms with van der Waals surface area (Å²) < 4.78 is 2.28. The largest absolute Gasteiger partial charge is 0.317 e. The predicted octanol–water partition coefficient (Wildman–Crippen LogP) is 3.00. The summed E-state index contributed by atoms with van der Waals surface area (Å²) in [6.45, 7) is 6.78. The first-order valence-corrected chi connectivity index (χ1v) is 7.40. The van der Waals surface area contributed by atoms with Crippen molar-refractivity contribution in [2.45, 2.75) is 39.0 Å². The topological polar surface area (TPSA) is 29.3 Å². The lowest BCUT2D eigenvalue weighted by Crippen LogP contribution is -2.27. The molecule has 3 nitrogen and oxygen atoms in total. The Hall–Kier alpha value is -1.35. The minimum absolute atomic E-state index is 0.659. The molecule has 1 saturated heterocycles. The van der Waals surface area contributed by atoms with Crippen molar-refractivity contribution in [3.8, 4) is 0 Å². The Balaban J connectivity index is 1.90. The molecule has 3 heterocycles. The first kappa shape index (κ1) is 12.7. The van der Waals surface area contributed by atoms with Gasteiger partial charge in [0, 0.05) is 24.0 Å². The second kappa shape index (κ2) is 5.33. The zero-order valence-electron chi connectivity index (χ0n) is 11.9. The Labute approximate surface area is 115 Å². The molecule has 0 radical (unpaired) electrons. The smallest absolute Gasteiger partial charge is 0.137 e. The fourth-order valence-electron chi connectivity index (χ4n) is 3.06. The fraction of sp³-hybridized carbons (Fsp3) is 0.562. The zero-order valence-corrected chi connectivity index (χ0v) is 11.9. The molecule has 0 aromatic carbocycles. The summed E-state index contributed by atoms with van der Waals surface area (Å²) in [5, 5.41) is 3.43. The molecule has 0 atom stereocenters. The summed E-state index contributed by atoms with van der Waals surface area (Å²) in [7, 11) is 0. The van der Waals surface area contributed by atoms with Gasteiger partial charge in [-0.2, -0.15) is 0 Å². The Morgan fingerprint density at radius 2 is 2.16 bits per heavy atom. The van der Waals surface area contributed by atoms with Gasteiger partial charge in [-0.3, -0.25) is 0 Å². The van der Waals surface area contributed by atoms with Crippen molar-refractivity contribution in [1.82, 2.24) is 14.7 Å². The van der Waals surface area contributed by atoms with Crippen LogP contribution in [0.4, 0.5) is 0 Å². The van der Waals surface area contributed by atoms with Crippen molar-refractivity contribution in [3.05, 3.63) is 35.8 Å². The van der Waals surface area contributed by atoms with Gasteiger partial charge in [-0.15, -0.1) is 0 Å². The summed E-state index contributed by atoms with van der Waals surface area (Å²) in [5.41, 5.74) is 3.88. The number of nitrogens with zero attached hydrogens (tertiary/aromatic N) is 2. The highest BCUT2D eigenvalue weighted by atomic mass is 15.0. The van der Waals surface area contributed by atoms with E-state index in [-0.39, 0.29) is 0 Å². The Kier molecular flexibility index (Phi) is 3.56. The lowest BCUT2D eigenvalue weighted by molar-refractivity contribution is 0.451. The number of hydrogen-bond acceptors (Lipinski definition) is 2. The molecule has 0 bridgehead atoms. The Bertz CT molecular complexity index is 550. The molecule has 0 unspecified atom stereocenters. The van der Waals surface area contributed by atoms with Crippen LogP contribution in [0.15, 0.2) is 24.5 Å². The van der Waals surface area contributed by atoms with Crippen molar-refractivity contribution < 1.29 is 0 Å². The van der Waals surface area contributed by atoms with Crippen LogP contribution in [0.3, 0.4) is 0 Å². The van der Waals surface area contributed by atoms with Crippen LogP contribution in [0.2, 0.25) is 0 Å². The minimum atomic E-state index is 0.659. The molecule has 2 aromatic rings. The molecular weight excluding hydrogens is 234 g/mol. The number of pyridine rings is 1. The van der Waals surface area contributed by atoms with Crippen LogP contribution in [0.25, 0.3) is 5.65 Å². The van der Waals surface area contributed by atoms with Crippen molar-refractivity contribution in [2.75, 3.05) is 13.1 Å². The van der Waals surface area contributed by atoms with Crippen LogP contribution < -0.4 is 5.32 Å². The molecule has 19 heavy (non-hydrogen) atoms. The highest BCUT2D eigenvalue weighted by Crippen LogP contribution is 2.26. The van der Waals surface area contributed by atoms with Crippen LogP contribution in [0, 0.1) is 5.92 Å². The number of hydrogen-bond donors (Lipinski definition) is 1. The number of imidazole rings is 1. The average Bonchev–Trinajstić information content (AvgIpc) is 2.82. The summed E-state index contributed by atoms with van der Waals surface area (Å²) in [6, 6.07) is 4.49. The summed E-state index contributed by atoms with van der Waals surface area (Å²) >= 11 is 0. The average molecular weight is 257 g/mol. The predicted molar refractivity (Wildman–Crippen MR) is 78.6 cm³/mol. The summed E-state index contributed by atoms with van der Waals surface area (Å²) in [4.78, 5) is 4.60. The third-order valence-electron chi connectivity index (χ3n) is 4.01.